The van der Waals surface area contributed by atoms with E-state index < -0.39 is 0 Å². The lowest BCUT2D eigenvalue weighted by Crippen LogP contribution is -3.12. The molecule has 134 valence electrons. The first-order chi connectivity index (χ1) is 12.0. The molecule has 1 amide bonds. The van der Waals surface area contributed by atoms with Gasteiger partial charge < -0.3 is 19.7 Å². The number of likely N-dealkylation sites (N-methyl/N-ethyl adjacent to an activating group) is 1. The molecule has 0 heterocycles. The Balaban J connectivity index is 1.95. The molecular weight excluding hydrogens is 316 g/mol. The highest BCUT2D eigenvalue weighted by Crippen LogP contribution is 2.23. The molecule has 0 aliphatic heterocycles. The Bertz CT molecular complexity index is 689. The van der Waals surface area contributed by atoms with E-state index in [2.05, 4.69) is 5.32 Å². The van der Waals surface area contributed by atoms with Gasteiger partial charge in [-0.3, -0.25) is 4.79 Å². The van der Waals surface area contributed by atoms with Crippen LogP contribution in [0.2, 0.25) is 0 Å². The Morgan fingerprint density at radius 2 is 1.84 bits per heavy atom. The van der Waals surface area contributed by atoms with Gasteiger partial charge in [0.15, 0.2) is 6.04 Å². The molecule has 0 aliphatic carbocycles. The molecule has 0 bridgehead atoms. The lowest BCUT2D eigenvalue weighted by atomic mass is 10.1. The van der Waals surface area contributed by atoms with Crippen molar-refractivity contribution >= 4 is 5.91 Å². The van der Waals surface area contributed by atoms with Gasteiger partial charge in [-0.25, -0.2) is 0 Å². The van der Waals surface area contributed by atoms with Crippen LogP contribution in [0.1, 0.15) is 18.1 Å². The number of hydrogen-bond acceptors (Lipinski definition) is 3. The minimum atomic E-state index is -0.171. The number of benzene rings is 2. The lowest BCUT2D eigenvalue weighted by Gasteiger charge is -2.22. The number of ether oxygens (including phenoxy) is 2. The Hall–Kier alpha value is -2.53. The van der Waals surface area contributed by atoms with Crippen molar-refractivity contribution < 1.29 is 19.2 Å². The summed E-state index contributed by atoms with van der Waals surface area (Å²) in [4.78, 5) is 13.5. The summed E-state index contributed by atoms with van der Waals surface area (Å²) in [6, 6.07) is 15.5. The van der Waals surface area contributed by atoms with Crippen molar-refractivity contribution in [1.82, 2.24) is 5.32 Å². The van der Waals surface area contributed by atoms with Gasteiger partial charge in [-0.1, -0.05) is 30.3 Å². The van der Waals surface area contributed by atoms with Gasteiger partial charge in [0.1, 0.15) is 18.0 Å². The normalized spacial score (nSPS) is 13.0. The van der Waals surface area contributed by atoms with Gasteiger partial charge in [-0.15, -0.1) is 0 Å². The molecule has 0 radical (unpaired) electrons. The first kappa shape index (κ1) is 18.8. The number of quaternary nitrogens is 1. The highest BCUT2D eigenvalue weighted by atomic mass is 16.5. The third-order valence-corrected chi connectivity index (χ3v) is 4.41. The van der Waals surface area contributed by atoms with Crippen LogP contribution in [0, 0.1) is 0 Å². The predicted octanol–water partition coefficient (Wildman–Crippen LogP) is 1.42. The van der Waals surface area contributed by atoms with Crippen LogP contribution in [-0.2, 0) is 17.9 Å². The van der Waals surface area contributed by atoms with E-state index in [9.17, 15) is 4.79 Å². The number of methoxy groups -OCH3 is 2. The summed E-state index contributed by atoms with van der Waals surface area (Å²) in [5.41, 5.74) is 2.14. The van der Waals surface area contributed by atoms with Gasteiger partial charge in [0.2, 0.25) is 0 Å². The molecule has 2 N–H and O–H groups in total. The lowest BCUT2D eigenvalue weighted by molar-refractivity contribution is -0.908. The van der Waals surface area contributed by atoms with Gasteiger partial charge in [0.25, 0.3) is 5.91 Å². The Morgan fingerprint density at radius 1 is 1.12 bits per heavy atom. The quantitative estimate of drug-likeness (QED) is 0.762. The fraction of sp³-hybridized carbons (Fsp3) is 0.350. The third kappa shape index (κ3) is 5.22. The summed E-state index contributed by atoms with van der Waals surface area (Å²) in [7, 11) is 5.28. The summed E-state index contributed by atoms with van der Waals surface area (Å²) in [5.74, 6) is 1.57. The Kier molecular flexibility index (Phi) is 6.83. The van der Waals surface area contributed by atoms with Crippen molar-refractivity contribution in [2.24, 2.45) is 0 Å². The van der Waals surface area contributed by atoms with Crippen LogP contribution in [-0.4, -0.2) is 33.2 Å². The topological polar surface area (TPSA) is 52.0 Å². The number of carbonyl (C=O) groups excluding carboxylic acids is 1. The number of hydrogen-bond donors (Lipinski definition) is 2. The molecule has 5 heteroatoms. The molecule has 0 aromatic heterocycles. The van der Waals surface area contributed by atoms with E-state index >= 15 is 0 Å². The van der Waals surface area contributed by atoms with Crippen LogP contribution < -0.4 is 19.7 Å². The first-order valence-electron chi connectivity index (χ1n) is 8.40. The van der Waals surface area contributed by atoms with Crippen molar-refractivity contribution in [3.63, 3.8) is 0 Å². The molecule has 2 atom stereocenters. The minimum Gasteiger partial charge on any atom is -0.497 e. The molecule has 2 aromatic rings. The largest absolute Gasteiger partial charge is 0.497 e. The van der Waals surface area contributed by atoms with Crippen molar-refractivity contribution in [1.29, 1.82) is 0 Å². The molecule has 0 spiro atoms. The van der Waals surface area contributed by atoms with Gasteiger partial charge in [-0.05, 0) is 24.6 Å². The Labute approximate surface area is 149 Å². The molecule has 2 rings (SSSR count). The molecule has 25 heavy (non-hydrogen) atoms. The summed E-state index contributed by atoms with van der Waals surface area (Å²) in [6.45, 7) is 3.17. The van der Waals surface area contributed by atoms with E-state index in [1.54, 1.807) is 14.2 Å². The van der Waals surface area contributed by atoms with Crippen LogP contribution in [0.25, 0.3) is 0 Å². The summed E-state index contributed by atoms with van der Waals surface area (Å²) in [5, 5.41) is 3.00. The molecule has 0 aliphatic rings. The summed E-state index contributed by atoms with van der Waals surface area (Å²) in [6.07, 6.45) is 0. The molecular formula is C20H27N2O3+. The van der Waals surface area contributed by atoms with Crippen molar-refractivity contribution in [2.75, 3.05) is 21.3 Å². The average molecular weight is 343 g/mol. The predicted molar refractivity (Wildman–Crippen MR) is 97.9 cm³/mol. The van der Waals surface area contributed by atoms with Gasteiger partial charge in [0.05, 0.1) is 21.3 Å². The highest BCUT2D eigenvalue weighted by Gasteiger charge is 2.22. The highest BCUT2D eigenvalue weighted by molar-refractivity contribution is 5.79. The third-order valence-electron chi connectivity index (χ3n) is 4.41. The molecule has 0 saturated heterocycles. The van der Waals surface area contributed by atoms with Crippen molar-refractivity contribution in [3.05, 3.63) is 59.7 Å². The zero-order valence-corrected chi connectivity index (χ0v) is 15.3. The smallest absolute Gasteiger partial charge is 0.278 e. The zero-order chi connectivity index (χ0) is 18.2. The number of nitrogens with one attached hydrogen (secondary N) is 2. The van der Waals surface area contributed by atoms with E-state index in [0.717, 1.165) is 27.5 Å². The second-order valence-electron chi connectivity index (χ2n) is 6.13. The monoisotopic (exact) mass is 343 g/mol. The summed E-state index contributed by atoms with van der Waals surface area (Å²) < 4.78 is 10.7. The van der Waals surface area contributed by atoms with E-state index in [1.165, 1.54) is 0 Å². The van der Waals surface area contributed by atoms with E-state index in [-0.39, 0.29) is 11.9 Å². The minimum absolute atomic E-state index is 0.0360. The van der Waals surface area contributed by atoms with E-state index in [0.29, 0.717) is 13.1 Å². The van der Waals surface area contributed by atoms with E-state index in [1.807, 2.05) is 62.5 Å². The fourth-order valence-corrected chi connectivity index (χ4v) is 2.61. The second kappa shape index (κ2) is 9.08. The maximum Gasteiger partial charge on any atom is 0.278 e. The van der Waals surface area contributed by atoms with Crippen molar-refractivity contribution in [2.45, 2.75) is 26.1 Å². The number of carbonyl (C=O) groups is 1. The van der Waals surface area contributed by atoms with Crippen molar-refractivity contribution in [3.8, 4) is 11.5 Å². The molecule has 0 saturated carbocycles. The van der Waals surface area contributed by atoms with Gasteiger partial charge >= 0.3 is 0 Å². The zero-order valence-electron chi connectivity index (χ0n) is 15.3. The van der Waals surface area contributed by atoms with Crippen LogP contribution in [0.3, 0.4) is 0 Å². The van der Waals surface area contributed by atoms with E-state index in [4.69, 9.17) is 9.47 Å². The molecule has 1 unspecified atom stereocenters. The fourth-order valence-electron chi connectivity index (χ4n) is 2.61. The first-order valence-corrected chi connectivity index (χ1v) is 8.40. The maximum absolute atomic E-state index is 12.4. The second-order valence-corrected chi connectivity index (χ2v) is 6.13. The molecule has 0 fully saturated rings. The van der Waals surface area contributed by atoms with Gasteiger partial charge in [-0.2, -0.15) is 0 Å². The summed E-state index contributed by atoms with van der Waals surface area (Å²) >= 11 is 0. The SMILES string of the molecule is COc1ccc(C[NH+](C)[C@@H](C)C(=O)NCc2ccccc2)c(OC)c1. The molecule has 5 nitrogen and oxygen atoms in total. The number of amides is 1. The van der Waals surface area contributed by atoms with Crippen LogP contribution in [0.4, 0.5) is 0 Å². The standard InChI is InChI=1S/C20H26N2O3/c1-15(20(23)21-13-16-8-6-5-7-9-16)22(2)14-17-10-11-18(24-3)12-19(17)25-4/h5-12,15H,13-14H2,1-4H3,(H,21,23)/p+1/t15-/m0/s1. The average Bonchev–Trinajstić information content (AvgIpc) is 2.66. The number of rotatable bonds is 8. The molecule has 2 aromatic carbocycles. The van der Waals surface area contributed by atoms with Crippen LogP contribution in [0.15, 0.2) is 48.5 Å². The van der Waals surface area contributed by atoms with Crippen LogP contribution in [0.5, 0.6) is 11.5 Å². The van der Waals surface area contributed by atoms with Gasteiger partial charge in [0, 0.05) is 18.2 Å². The maximum atomic E-state index is 12.4. The Morgan fingerprint density at radius 3 is 2.48 bits per heavy atom. The van der Waals surface area contributed by atoms with Crippen LogP contribution >= 0.6 is 0 Å².